The van der Waals surface area contributed by atoms with Crippen LogP contribution < -0.4 is 0 Å². The summed E-state index contributed by atoms with van der Waals surface area (Å²) in [4.78, 5) is 9.25. The van der Waals surface area contributed by atoms with Crippen LogP contribution >= 0.6 is 0 Å². The summed E-state index contributed by atoms with van der Waals surface area (Å²) in [5.74, 6) is -0.981. The highest BCUT2D eigenvalue weighted by Crippen LogP contribution is 2.18. The minimum absolute atomic E-state index is 0.137. The Balaban J connectivity index is 0. The van der Waals surface area contributed by atoms with E-state index in [2.05, 4.69) is 6.58 Å². The van der Waals surface area contributed by atoms with Crippen molar-refractivity contribution in [3.8, 4) is 0 Å². The molecule has 0 rings (SSSR count). The van der Waals surface area contributed by atoms with Crippen molar-refractivity contribution < 1.29 is 30.3 Å². The van der Waals surface area contributed by atoms with Gasteiger partial charge in [0.25, 0.3) is 0 Å². The van der Waals surface area contributed by atoms with E-state index in [1.807, 2.05) is 0 Å². The van der Waals surface area contributed by atoms with Crippen molar-refractivity contribution in [1.82, 2.24) is 0 Å². The first kappa shape index (κ1) is 16.5. The Bertz CT molecular complexity index is 167. The van der Waals surface area contributed by atoms with Gasteiger partial charge in [0, 0.05) is 18.1 Å². The molecule has 0 saturated heterocycles. The maximum atomic E-state index is 9.25. The smallest absolute Gasteiger partial charge is 0.327 e. The van der Waals surface area contributed by atoms with Crippen molar-refractivity contribution in [3.63, 3.8) is 0 Å². The topological polar surface area (TPSA) is 118 Å². The van der Waals surface area contributed by atoms with Gasteiger partial charge in [0.15, 0.2) is 0 Å². The lowest BCUT2D eigenvalue weighted by atomic mass is 9.88. The second-order valence-corrected chi connectivity index (χ2v) is 2.99. The Morgan fingerprint density at radius 2 is 1.47 bits per heavy atom. The fourth-order valence-corrected chi connectivity index (χ4v) is 0.624. The second kappa shape index (κ2) is 9.60. The van der Waals surface area contributed by atoms with Crippen molar-refractivity contribution >= 4 is 5.97 Å². The van der Waals surface area contributed by atoms with Crippen LogP contribution in [0.15, 0.2) is 12.7 Å². The van der Waals surface area contributed by atoms with Crippen LogP contribution in [-0.2, 0) is 4.79 Å². The normalized spacial score (nSPS) is 10.1. The molecular weight excluding hydrogens is 204 g/mol. The number of rotatable bonds is 6. The van der Waals surface area contributed by atoms with E-state index in [0.29, 0.717) is 0 Å². The number of aliphatic hydroxyl groups is 4. The highest BCUT2D eigenvalue weighted by molar-refractivity contribution is 5.78. The largest absolute Gasteiger partial charge is 0.478 e. The molecule has 0 unspecified atom stereocenters. The van der Waals surface area contributed by atoms with Gasteiger partial charge < -0.3 is 25.5 Å². The van der Waals surface area contributed by atoms with E-state index in [0.717, 1.165) is 6.08 Å². The summed E-state index contributed by atoms with van der Waals surface area (Å²) in [6, 6.07) is 0. The number of carboxylic acid groups (broad SMARTS) is 1. The van der Waals surface area contributed by atoms with Crippen LogP contribution in [0.5, 0.6) is 0 Å². The van der Waals surface area contributed by atoms with Crippen LogP contribution in [0.1, 0.15) is 6.42 Å². The average molecular weight is 222 g/mol. The van der Waals surface area contributed by atoms with Crippen LogP contribution in [0.3, 0.4) is 0 Å². The molecule has 0 aromatic carbocycles. The van der Waals surface area contributed by atoms with E-state index >= 15 is 0 Å². The van der Waals surface area contributed by atoms with Gasteiger partial charge in [-0.1, -0.05) is 6.58 Å². The monoisotopic (exact) mass is 222 g/mol. The fraction of sp³-hybridized carbons (Fsp3) is 0.667. The first-order valence-electron chi connectivity index (χ1n) is 4.30. The summed E-state index contributed by atoms with van der Waals surface area (Å²) >= 11 is 0. The van der Waals surface area contributed by atoms with Crippen LogP contribution in [0.2, 0.25) is 0 Å². The van der Waals surface area contributed by atoms with E-state index in [-0.39, 0.29) is 32.8 Å². The average Bonchev–Trinajstić information content (AvgIpc) is 2.27. The molecule has 6 nitrogen and oxygen atoms in total. The zero-order chi connectivity index (χ0) is 12.3. The Hall–Kier alpha value is -0.950. The Morgan fingerprint density at radius 1 is 1.13 bits per heavy atom. The molecule has 0 atom stereocenters. The lowest BCUT2D eigenvalue weighted by molar-refractivity contribution is -0.131. The Kier molecular flexibility index (Phi) is 10.5. The standard InChI is InChI=1S/C6H14O4.C3H4O2/c7-2-1-6(3-8,4-9)5-10;1-2-3(4)5/h7-10H,1-5H2;2H,1H2,(H,4,5). The number of carboxylic acids is 1. The molecule has 0 saturated carbocycles. The van der Waals surface area contributed by atoms with Crippen LogP contribution in [0.25, 0.3) is 0 Å². The van der Waals surface area contributed by atoms with Gasteiger partial charge in [0.2, 0.25) is 0 Å². The molecule has 6 heteroatoms. The third-order valence-electron chi connectivity index (χ3n) is 1.82. The molecule has 0 aliphatic carbocycles. The summed E-state index contributed by atoms with van der Waals surface area (Å²) in [5, 5.41) is 42.1. The molecule has 0 amide bonds. The minimum atomic E-state index is -0.981. The van der Waals surface area contributed by atoms with Crippen molar-refractivity contribution in [3.05, 3.63) is 12.7 Å². The SMILES string of the molecule is C=CC(=O)O.OCCC(CO)(CO)CO. The predicted octanol–water partition coefficient (Wildman–Crippen LogP) is -1.41. The predicted molar refractivity (Wildman–Crippen MR) is 53.2 cm³/mol. The van der Waals surface area contributed by atoms with Gasteiger partial charge in [-0.05, 0) is 6.42 Å². The van der Waals surface area contributed by atoms with Gasteiger partial charge in [0.1, 0.15) is 0 Å². The summed E-state index contributed by atoms with van der Waals surface area (Å²) in [6.45, 7) is 1.91. The zero-order valence-corrected chi connectivity index (χ0v) is 8.46. The number of aliphatic carboxylic acids is 1. The first-order chi connectivity index (χ1) is 7.01. The molecule has 90 valence electrons. The van der Waals surface area contributed by atoms with Gasteiger partial charge in [-0.15, -0.1) is 0 Å². The molecule has 0 aliphatic heterocycles. The van der Waals surface area contributed by atoms with E-state index in [1.54, 1.807) is 0 Å². The molecule has 5 N–H and O–H groups in total. The highest BCUT2D eigenvalue weighted by Gasteiger charge is 2.26. The quantitative estimate of drug-likeness (QED) is 0.352. The number of aliphatic hydroxyl groups excluding tert-OH is 4. The van der Waals surface area contributed by atoms with E-state index in [1.165, 1.54) is 0 Å². The summed E-state index contributed by atoms with van der Waals surface area (Å²) < 4.78 is 0. The van der Waals surface area contributed by atoms with Crippen molar-refractivity contribution in [1.29, 1.82) is 0 Å². The van der Waals surface area contributed by atoms with Gasteiger partial charge in [-0.2, -0.15) is 0 Å². The van der Waals surface area contributed by atoms with Gasteiger partial charge in [-0.3, -0.25) is 0 Å². The van der Waals surface area contributed by atoms with Gasteiger partial charge >= 0.3 is 5.97 Å². The van der Waals surface area contributed by atoms with E-state index < -0.39 is 11.4 Å². The van der Waals surface area contributed by atoms with E-state index in [9.17, 15) is 4.79 Å². The fourth-order valence-electron chi connectivity index (χ4n) is 0.624. The molecule has 0 spiro atoms. The van der Waals surface area contributed by atoms with Gasteiger partial charge in [0.05, 0.1) is 19.8 Å². The molecule has 0 aliphatic rings. The summed E-state index contributed by atoms with van der Waals surface area (Å²) in [7, 11) is 0. The third kappa shape index (κ3) is 8.07. The maximum absolute atomic E-state index is 9.25. The molecule has 0 aromatic rings. The molecular formula is C9H18O6. The molecule has 0 fully saturated rings. The lowest BCUT2D eigenvalue weighted by Crippen LogP contribution is -2.34. The van der Waals surface area contributed by atoms with Crippen molar-refractivity contribution in [2.45, 2.75) is 6.42 Å². The van der Waals surface area contributed by atoms with E-state index in [4.69, 9.17) is 25.5 Å². The summed E-state index contributed by atoms with van der Waals surface area (Å²) in [6.07, 6.45) is 1.05. The zero-order valence-electron chi connectivity index (χ0n) is 8.46. The van der Waals surface area contributed by atoms with Crippen molar-refractivity contribution in [2.75, 3.05) is 26.4 Å². The molecule has 0 heterocycles. The Morgan fingerprint density at radius 3 is 1.53 bits per heavy atom. The minimum Gasteiger partial charge on any atom is -0.478 e. The molecule has 0 bridgehead atoms. The number of hydrogen-bond acceptors (Lipinski definition) is 5. The highest BCUT2D eigenvalue weighted by atomic mass is 16.4. The first-order valence-corrected chi connectivity index (χ1v) is 4.30. The van der Waals surface area contributed by atoms with Crippen LogP contribution in [0, 0.1) is 5.41 Å². The maximum Gasteiger partial charge on any atom is 0.327 e. The number of carbonyl (C=O) groups is 1. The van der Waals surface area contributed by atoms with Gasteiger partial charge in [-0.25, -0.2) is 4.79 Å². The second-order valence-electron chi connectivity index (χ2n) is 2.99. The summed E-state index contributed by atoms with van der Waals surface area (Å²) in [5.41, 5.74) is -0.908. The molecule has 0 aromatic heterocycles. The molecule has 15 heavy (non-hydrogen) atoms. The lowest BCUT2D eigenvalue weighted by Gasteiger charge is -2.25. The Labute approximate surface area is 88.1 Å². The van der Waals surface area contributed by atoms with Crippen LogP contribution in [-0.4, -0.2) is 57.9 Å². The third-order valence-corrected chi connectivity index (χ3v) is 1.82. The number of hydrogen-bond donors (Lipinski definition) is 5. The van der Waals surface area contributed by atoms with Crippen molar-refractivity contribution in [2.24, 2.45) is 5.41 Å². The van der Waals surface area contributed by atoms with Crippen LogP contribution in [0.4, 0.5) is 0 Å². The molecule has 0 radical (unpaired) electrons.